The SMILES string of the molecule is COc1ccc(CNC(=O)CCCOc2cccc3ccccc23)cc1O. The number of benzene rings is 3. The summed E-state index contributed by atoms with van der Waals surface area (Å²) in [5.41, 5.74) is 0.814. The molecule has 0 aliphatic carbocycles. The lowest BCUT2D eigenvalue weighted by Gasteiger charge is -2.10. The molecule has 5 heteroatoms. The lowest BCUT2D eigenvalue weighted by Crippen LogP contribution is -2.22. The third kappa shape index (κ3) is 4.91. The summed E-state index contributed by atoms with van der Waals surface area (Å²) in [6.07, 6.45) is 1.01. The second-order valence-electron chi connectivity index (χ2n) is 6.21. The first-order chi connectivity index (χ1) is 13.2. The molecule has 140 valence electrons. The van der Waals surface area contributed by atoms with Gasteiger partial charge in [-0.05, 0) is 35.6 Å². The highest BCUT2D eigenvalue weighted by Crippen LogP contribution is 2.26. The first-order valence-corrected chi connectivity index (χ1v) is 8.90. The Labute approximate surface area is 158 Å². The minimum Gasteiger partial charge on any atom is -0.504 e. The van der Waals surface area contributed by atoms with Crippen LogP contribution in [-0.4, -0.2) is 24.7 Å². The standard InChI is InChI=1S/C22H23NO4/c1-26-21-12-11-16(14-19(21)24)15-23-22(25)10-5-13-27-20-9-4-7-17-6-2-3-8-18(17)20/h2-4,6-9,11-12,14,24H,5,10,13,15H2,1H3,(H,23,25). The summed E-state index contributed by atoms with van der Waals surface area (Å²) in [5.74, 6) is 1.26. The molecule has 0 atom stereocenters. The number of amides is 1. The Morgan fingerprint density at radius 1 is 1.04 bits per heavy atom. The van der Waals surface area contributed by atoms with E-state index < -0.39 is 0 Å². The number of hydrogen-bond donors (Lipinski definition) is 2. The summed E-state index contributed by atoms with van der Waals surface area (Å²) in [6, 6.07) is 19.1. The van der Waals surface area contributed by atoms with Crippen LogP contribution >= 0.6 is 0 Å². The van der Waals surface area contributed by atoms with Gasteiger partial charge in [0.2, 0.25) is 5.91 Å². The van der Waals surface area contributed by atoms with Gasteiger partial charge in [-0.15, -0.1) is 0 Å². The number of phenolic OH excluding ortho intramolecular Hbond substituents is 1. The maximum absolute atomic E-state index is 12.0. The fourth-order valence-electron chi connectivity index (χ4n) is 2.87. The number of methoxy groups -OCH3 is 1. The molecule has 1 amide bonds. The molecular weight excluding hydrogens is 342 g/mol. The largest absolute Gasteiger partial charge is 0.504 e. The van der Waals surface area contributed by atoms with Crippen LogP contribution in [0.2, 0.25) is 0 Å². The Kier molecular flexibility index (Phi) is 6.15. The number of rotatable bonds is 8. The van der Waals surface area contributed by atoms with Gasteiger partial charge in [-0.3, -0.25) is 4.79 Å². The molecule has 0 unspecified atom stereocenters. The molecule has 3 aromatic carbocycles. The predicted octanol–water partition coefficient (Wildman–Crippen LogP) is 4.03. The zero-order chi connectivity index (χ0) is 19.1. The third-order valence-corrected chi connectivity index (χ3v) is 4.29. The Bertz CT molecular complexity index is 918. The molecule has 0 saturated carbocycles. The van der Waals surface area contributed by atoms with E-state index in [0.29, 0.717) is 31.7 Å². The highest BCUT2D eigenvalue weighted by molar-refractivity contribution is 5.88. The third-order valence-electron chi connectivity index (χ3n) is 4.29. The van der Waals surface area contributed by atoms with Crippen molar-refractivity contribution < 1.29 is 19.4 Å². The highest BCUT2D eigenvalue weighted by Gasteiger charge is 2.06. The number of nitrogens with one attached hydrogen (secondary N) is 1. The van der Waals surface area contributed by atoms with E-state index >= 15 is 0 Å². The molecule has 0 aliphatic heterocycles. The van der Waals surface area contributed by atoms with Crippen molar-refractivity contribution in [1.29, 1.82) is 0 Å². The topological polar surface area (TPSA) is 67.8 Å². The molecule has 0 fully saturated rings. The van der Waals surface area contributed by atoms with Crippen molar-refractivity contribution in [2.24, 2.45) is 0 Å². The molecule has 0 bridgehead atoms. The lowest BCUT2D eigenvalue weighted by molar-refractivity contribution is -0.121. The van der Waals surface area contributed by atoms with Gasteiger partial charge in [0.25, 0.3) is 0 Å². The summed E-state index contributed by atoms with van der Waals surface area (Å²) < 4.78 is 10.8. The molecule has 0 heterocycles. The van der Waals surface area contributed by atoms with Crippen LogP contribution in [0.1, 0.15) is 18.4 Å². The summed E-state index contributed by atoms with van der Waals surface area (Å²) >= 11 is 0. The maximum Gasteiger partial charge on any atom is 0.220 e. The Morgan fingerprint density at radius 2 is 1.85 bits per heavy atom. The molecule has 5 nitrogen and oxygen atoms in total. The molecule has 3 aromatic rings. The lowest BCUT2D eigenvalue weighted by atomic mass is 10.1. The van der Waals surface area contributed by atoms with Gasteiger partial charge in [0.1, 0.15) is 5.75 Å². The minimum atomic E-state index is -0.0492. The Morgan fingerprint density at radius 3 is 2.67 bits per heavy atom. The van der Waals surface area contributed by atoms with Crippen molar-refractivity contribution in [3.05, 3.63) is 66.2 Å². The van der Waals surface area contributed by atoms with Crippen LogP contribution in [0.25, 0.3) is 10.8 Å². The monoisotopic (exact) mass is 365 g/mol. The van der Waals surface area contributed by atoms with E-state index in [1.807, 2.05) is 48.5 Å². The van der Waals surface area contributed by atoms with E-state index in [4.69, 9.17) is 9.47 Å². The van der Waals surface area contributed by atoms with E-state index in [0.717, 1.165) is 22.1 Å². The summed E-state index contributed by atoms with van der Waals surface area (Å²) in [4.78, 5) is 12.0. The predicted molar refractivity (Wildman–Crippen MR) is 105 cm³/mol. The van der Waals surface area contributed by atoms with Gasteiger partial charge in [-0.25, -0.2) is 0 Å². The average molecular weight is 365 g/mol. The molecule has 0 saturated heterocycles. The summed E-state index contributed by atoms with van der Waals surface area (Å²) in [6.45, 7) is 0.839. The molecule has 0 spiro atoms. The van der Waals surface area contributed by atoms with Crippen molar-refractivity contribution in [1.82, 2.24) is 5.32 Å². The van der Waals surface area contributed by atoms with Crippen LogP contribution in [-0.2, 0) is 11.3 Å². The first-order valence-electron chi connectivity index (χ1n) is 8.90. The van der Waals surface area contributed by atoms with E-state index in [1.54, 1.807) is 12.1 Å². The normalized spacial score (nSPS) is 10.6. The fourth-order valence-corrected chi connectivity index (χ4v) is 2.87. The van der Waals surface area contributed by atoms with Gasteiger partial charge in [-0.2, -0.15) is 0 Å². The van der Waals surface area contributed by atoms with Gasteiger partial charge in [0.15, 0.2) is 11.5 Å². The highest BCUT2D eigenvalue weighted by atomic mass is 16.5. The molecule has 0 aromatic heterocycles. The van der Waals surface area contributed by atoms with Crippen molar-refractivity contribution >= 4 is 16.7 Å². The number of fused-ring (bicyclic) bond motifs is 1. The van der Waals surface area contributed by atoms with Crippen molar-refractivity contribution in [3.8, 4) is 17.2 Å². The van der Waals surface area contributed by atoms with Gasteiger partial charge in [0.05, 0.1) is 13.7 Å². The van der Waals surface area contributed by atoms with E-state index in [1.165, 1.54) is 7.11 Å². The molecular formula is C22H23NO4. The Balaban J connectivity index is 1.42. The van der Waals surface area contributed by atoms with Crippen molar-refractivity contribution in [2.45, 2.75) is 19.4 Å². The number of ether oxygens (including phenoxy) is 2. The molecule has 27 heavy (non-hydrogen) atoms. The van der Waals surface area contributed by atoms with Crippen LogP contribution in [0.5, 0.6) is 17.2 Å². The zero-order valence-electron chi connectivity index (χ0n) is 15.3. The number of carbonyl (C=O) groups is 1. The second-order valence-corrected chi connectivity index (χ2v) is 6.21. The van der Waals surface area contributed by atoms with Crippen LogP contribution in [0, 0.1) is 0 Å². The zero-order valence-corrected chi connectivity index (χ0v) is 15.3. The summed E-state index contributed by atoms with van der Waals surface area (Å²) in [5, 5.41) is 14.8. The number of aromatic hydroxyl groups is 1. The second kappa shape index (κ2) is 8.94. The molecule has 0 aliphatic rings. The van der Waals surface area contributed by atoms with Crippen molar-refractivity contribution in [3.63, 3.8) is 0 Å². The summed E-state index contributed by atoms with van der Waals surface area (Å²) in [7, 11) is 1.50. The first kappa shape index (κ1) is 18.6. The average Bonchev–Trinajstić information content (AvgIpc) is 2.70. The van der Waals surface area contributed by atoms with Crippen molar-refractivity contribution in [2.75, 3.05) is 13.7 Å². The number of hydrogen-bond acceptors (Lipinski definition) is 4. The van der Waals surface area contributed by atoms with Crippen LogP contribution in [0.3, 0.4) is 0 Å². The quantitative estimate of drug-likeness (QED) is 0.592. The van der Waals surface area contributed by atoms with E-state index in [-0.39, 0.29) is 11.7 Å². The number of carbonyl (C=O) groups excluding carboxylic acids is 1. The number of phenols is 1. The van der Waals surface area contributed by atoms with Crippen LogP contribution in [0.15, 0.2) is 60.7 Å². The van der Waals surface area contributed by atoms with Crippen LogP contribution in [0.4, 0.5) is 0 Å². The fraction of sp³-hybridized carbons (Fsp3) is 0.227. The van der Waals surface area contributed by atoms with Gasteiger partial charge in [-0.1, -0.05) is 42.5 Å². The minimum absolute atomic E-state index is 0.0492. The van der Waals surface area contributed by atoms with E-state index in [2.05, 4.69) is 5.32 Å². The van der Waals surface area contributed by atoms with E-state index in [9.17, 15) is 9.90 Å². The van der Waals surface area contributed by atoms with Gasteiger partial charge < -0.3 is 19.9 Å². The van der Waals surface area contributed by atoms with Gasteiger partial charge in [0, 0.05) is 18.4 Å². The molecule has 3 rings (SSSR count). The Hall–Kier alpha value is -3.21. The molecule has 2 N–H and O–H groups in total. The van der Waals surface area contributed by atoms with Crippen LogP contribution < -0.4 is 14.8 Å². The smallest absolute Gasteiger partial charge is 0.220 e. The van der Waals surface area contributed by atoms with Gasteiger partial charge >= 0.3 is 0 Å². The maximum atomic E-state index is 12.0. The molecule has 0 radical (unpaired) electrons.